The first-order valence-corrected chi connectivity index (χ1v) is 6.97. The standard InChI is InChI=1S/C15H23N3O3/c1-18(2)10-4-3-9-16-15(21)17-11-12-5-7-13(8-6-12)14(19)20/h5-8H,3-4,9-11H2,1-2H3,(H,19,20)(H2,16,17,21). The van der Waals surface area contributed by atoms with E-state index < -0.39 is 5.97 Å². The zero-order chi connectivity index (χ0) is 15.7. The number of aromatic carboxylic acids is 1. The van der Waals surface area contributed by atoms with Crippen LogP contribution in [0.3, 0.4) is 0 Å². The van der Waals surface area contributed by atoms with Crippen LogP contribution < -0.4 is 10.6 Å². The number of carbonyl (C=O) groups is 2. The molecule has 0 radical (unpaired) electrons. The van der Waals surface area contributed by atoms with Gasteiger partial charge in [-0.1, -0.05) is 12.1 Å². The molecule has 0 saturated heterocycles. The van der Waals surface area contributed by atoms with Gasteiger partial charge >= 0.3 is 12.0 Å². The van der Waals surface area contributed by atoms with Gasteiger partial charge in [0.1, 0.15) is 0 Å². The Morgan fingerprint density at radius 1 is 1.10 bits per heavy atom. The summed E-state index contributed by atoms with van der Waals surface area (Å²) in [7, 11) is 4.05. The average Bonchev–Trinajstić information content (AvgIpc) is 2.44. The van der Waals surface area contributed by atoms with Crippen LogP contribution in [-0.4, -0.2) is 49.2 Å². The molecule has 21 heavy (non-hydrogen) atoms. The van der Waals surface area contributed by atoms with Gasteiger partial charge in [0.25, 0.3) is 0 Å². The van der Waals surface area contributed by atoms with Crippen LogP contribution in [0.1, 0.15) is 28.8 Å². The lowest BCUT2D eigenvalue weighted by Crippen LogP contribution is -2.35. The van der Waals surface area contributed by atoms with Crippen LogP contribution in [0.2, 0.25) is 0 Å². The average molecular weight is 293 g/mol. The van der Waals surface area contributed by atoms with Gasteiger partial charge in [0.15, 0.2) is 0 Å². The predicted octanol–water partition coefficient (Wildman–Crippen LogP) is 1.53. The van der Waals surface area contributed by atoms with Crippen LogP contribution >= 0.6 is 0 Å². The smallest absolute Gasteiger partial charge is 0.335 e. The number of unbranched alkanes of at least 4 members (excludes halogenated alkanes) is 1. The van der Waals surface area contributed by atoms with E-state index in [2.05, 4.69) is 15.5 Å². The molecule has 0 fully saturated rings. The Labute approximate surface area is 125 Å². The zero-order valence-corrected chi connectivity index (χ0v) is 12.6. The van der Waals surface area contributed by atoms with Gasteiger partial charge in [0.05, 0.1) is 5.56 Å². The summed E-state index contributed by atoms with van der Waals surface area (Å²) >= 11 is 0. The van der Waals surface area contributed by atoms with E-state index in [0.29, 0.717) is 13.1 Å². The molecular weight excluding hydrogens is 270 g/mol. The fourth-order valence-electron chi connectivity index (χ4n) is 1.76. The topological polar surface area (TPSA) is 81.7 Å². The number of rotatable bonds is 8. The number of benzene rings is 1. The van der Waals surface area contributed by atoms with Crippen LogP contribution in [0, 0.1) is 0 Å². The van der Waals surface area contributed by atoms with Crippen molar-refractivity contribution in [1.82, 2.24) is 15.5 Å². The monoisotopic (exact) mass is 293 g/mol. The van der Waals surface area contributed by atoms with Gasteiger partial charge in [-0.2, -0.15) is 0 Å². The van der Waals surface area contributed by atoms with E-state index in [4.69, 9.17) is 5.11 Å². The van der Waals surface area contributed by atoms with Crippen LogP contribution in [0.4, 0.5) is 4.79 Å². The summed E-state index contributed by atoms with van der Waals surface area (Å²) in [5.74, 6) is -0.954. The second-order valence-corrected chi connectivity index (χ2v) is 5.12. The van der Waals surface area contributed by atoms with E-state index in [1.54, 1.807) is 12.1 Å². The Balaban J connectivity index is 2.19. The highest BCUT2D eigenvalue weighted by Gasteiger charge is 2.03. The molecule has 0 aliphatic rings. The summed E-state index contributed by atoms with van der Waals surface area (Å²) in [5.41, 5.74) is 1.10. The molecule has 1 aromatic carbocycles. The molecule has 0 atom stereocenters. The largest absolute Gasteiger partial charge is 0.478 e. The Hall–Kier alpha value is -2.08. The highest BCUT2D eigenvalue weighted by molar-refractivity contribution is 5.87. The SMILES string of the molecule is CN(C)CCCCNC(=O)NCc1ccc(C(=O)O)cc1. The normalized spacial score (nSPS) is 10.4. The highest BCUT2D eigenvalue weighted by Crippen LogP contribution is 2.04. The van der Waals surface area contributed by atoms with Crippen molar-refractivity contribution in [3.8, 4) is 0 Å². The second-order valence-electron chi connectivity index (χ2n) is 5.12. The maximum absolute atomic E-state index is 11.6. The molecule has 0 bridgehead atoms. The van der Waals surface area contributed by atoms with Crippen molar-refractivity contribution in [3.63, 3.8) is 0 Å². The molecule has 0 spiro atoms. The minimum atomic E-state index is -0.954. The quantitative estimate of drug-likeness (QED) is 0.635. The Morgan fingerprint density at radius 2 is 1.76 bits per heavy atom. The van der Waals surface area contributed by atoms with E-state index in [1.807, 2.05) is 14.1 Å². The number of carboxylic acid groups (broad SMARTS) is 1. The Bertz CT molecular complexity index is 458. The van der Waals surface area contributed by atoms with Crippen molar-refractivity contribution >= 4 is 12.0 Å². The summed E-state index contributed by atoms with van der Waals surface area (Å²) in [5, 5.41) is 14.3. The van der Waals surface area contributed by atoms with Crippen molar-refractivity contribution in [2.24, 2.45) is 0 Å². The van der Waals surface area contributed by atoms with Crippen molar-refractivity contribution in [1.29, 1.82) is 0 Å². The molecule has 116 valence electrons. The summed E-state index contributed by atoms with van der Waals surface area (Å²) in [6.07, 6.45) is 1.99. The molecular formula is C15H23N3O3. The van der Waals surface area contributed by atoms with E-state index in [0.717, 1.165) is 24.9 Å². The summed E-state index contributed by atoms with van der Waals surface area (Å²) in [4.78, 5) is 24.4. The number of nitrogens with zero attached hydrogens (tertiary/aromatic N) is 1. The molecule has 0 aromatic heterocycles. The molecule has 1 aromatic rings. The molecule has 3 N–H and O–H groups in total. The van der Waals surface area contributed by atoms with Crippen LogP contribution in [0.25, 0.3) is 0 Å². The summed E-state index contributed by atoms with van der Waals surface area (Å²) in [6, 6.07) is 6.24. The number of nitrogens with one attached hydrogen (secondary N) is 2. The van der Waals surface area contributed by atoms with Gasteiger partial charge in [-0.15, -0.1) is 0 Å². The molecule has 0 saturated carbocycles. The first-order chi connectivity index (χ1) is 9.99. The maximum Gasteiger partial charge on any atom is 0.335 e. The molecule has 0 unspecified atom stereocenters. The minimum Gasteiger partial charge on any atom is -0.478 e. The Kier molecular flexibility index (Phi) is 7.25. The molecule has 0 aliphatic carbocycles. The van der Waals surface area contributed by atoms with Crippen molar-refractivity contribution in [2.45, 2.75) is 19.4 Å². The molecule has 6 heteroatoms. The van der Waals surface area contributed by atoms with Crippen LogP contribution in [0.5, 0.6) is 0 Å². The molecule has 2 amide bonds. The number of amides is 2. The zero-order valence-electron chi connectivity index (χ0n) is 12.6. The second kappa shape index (κ2) is 8.97. The van der Waals surface area contributed by atoms with Crippen LogP contribution in [0.15, 0.2) is 24.3 Å². The number of hydrogen-bond acceptors (Lipinski definition) is 3. The van der Waals surface area contributed by atoms with Crippen LogP contribution in [-0.2, 0) is 6.54 Å². The molecule has 0 heterocycles. The van der Waals surface area contributed by atoms with E-state index in [9.17, 15) is 9.59 Å². The fraction of sp³-hybridized carbons (Fsp3) is 0.467. The third-order valence-corrected chi connectivity index (χ3v) is 2.97. The van der Waals surface area contributed by atoms with Gasteiger partial charge < -0.3 is 20.6 Å². The fourth-order valence-corrected chi connectivity index (χ4v) is 1.76. The summed E-state index contributed by atoms with van der Waals surface area (Å²) in [6.45, 7) is 2.04. The van der Waals surface area contributed by atoms with Gasteiger partial charge in [0.2, 0.25) is 0 Å². The number of carboxylic acids is 1. The van der Waals surface area contributed by atoms with Gasteiger partial charge in [-0.05, 0) is 51.2 Å². The predicted molar refractivity (Wildman–Crippen MR) is 81.4 cm³/mol. The van der Waals surface area contributed by atoms with E-state index in [1.165, 1.54) is 12.1 Å². The number of carbonyl (C=O) groups excluding carboxylic acids is 1. The van der Waals surface area contributed by atoms with E-state index in [-0.39, 0.29) is 11.6 Å². The first kappa shape index (κ1) is 17.0. The first-order valence-electron chi connectivity index (χ1n) is 6.97. The van der Waals surface area contributed by atoms with Crippen molar-refractivity contribution < 1.29 is 14.7 Å². The molecule has 0 aliphatic heterocycles. The van der Waals surface area contributed by atoms with Crippen molar-refractivity contribution in [2.75, 3.05) is 27.2 Å². The van der Waals surface area contributed by atoms with Gasteiger partial charge in [-0.3, -0.25) is 0 Å². The van der Waals surface area contributed by atoms with Gasteiger partial charge in [0, 0.05) is 13.1 Å². The number of hydrogen-bond donors (Lipinski definition) is 3. The van der Waals surface area contributed by atoms with Crippen molar-refractivity contribution in [3.05, 3.63) is 35.4 Å². The maximum atomic E-state index is 11.6. The third kappa shape index (κ3) is 7.31. The summed E-state index contributed by atoms with van der Waals surface area (Å²) < 4.78 is 0. The number of urea groups is 1. The minimum absolute atomic E-state index is 0.206. The van der Waals surface area contributed by atoms with Gasteiger partial charge in [-0.25, -0.2) is 9.59 Å². The lowest BCUT2D eigenvalue weighted by Gasteiger charge is -2.10. The lowest BCUT2D eigenvalue weighted by atomic mass is 10.1. The third-order valence-electron chi connectivity index (χ3n) is 2.97. The van der Waals surface area contributed by atoms with E-state index >= 15 is 0 Å². The molecule has 1 rings (SSSR count). The highest BCUT2D eigenvalue weighted by atomic mass is 16.4. The molecule has 6 nitrogen and oxygen atoms in total. The lowest BCUT2D eigenvalue weighted by molar-refractivity contribution is 0.0697. The Morgan fingerprint density at radius 3 is 2.33 bits per heavy atom.